The molecule has 1 rings (SSSR count). The molecule has 1 amide bonds. The van der Waals surface area contributed by atoms with Crippen LogP contribution in [0.25, 0.3) is 0 Å². The Hall–Kier alpha value is -0.643. The molecule has 1 heterocycles. The Morgan fingerprint density at radius 2 is 2.00 bits per heavy atom. The summed E-state index contributed by atoms with van der Waals surface area (Å²) in [5.41, 5.74) is 0. The van der Waals surface area contributed by atoms with Gasteiger partial charge in [-0.2, -0.15) is 17.4 Å². The molecule has 0 atom stereocenters. The fraction of sp³-hybridized carbons (Fsp3) is 0.909. The van der Waals surface area contributed by atoms with Gasteiger partial charge in [0.1, 0.15) is 6.61 Å². The Kier molecular flexibility index (Phi) is 5.22. The van der Waals surface area contributed by atoms with Gasteiger partial charge < -0.3 is 9.16 Å². The molecule has 0 saturated carbocycles. The zero-order chi connectivity index (χ0) is 15.6. The second-order valence-corrected chi connectivity index (χ2v) is 12.7. The number of carbonyl (C=O) groups excluding carboxylic acids is 1. The quantitative estimate of drug-likeness (QED) is 0.588. The van der Waals surface area contributed by atoms with Gasteiger partial charge in [0.15, 0.2) is 8.32 Å². The van der Waals surface area contributed by atoms with Crippen LogP contribution < -0.4 is 4.72 Å². The second kappa shape index (κ2) is 6.00. The molecule has 0 aromatic rings. The number of nitrogens with zero attached hydrogens (tertiary/aromatic N) is 1. The summed E-state index contributed by atoms with van der Waals surface area (Å²) in [5.74, 6) is 0. The van der Waals surface area contributed by atoms with E-state index in [1.807, 2.05) is 0 Å². The minimum atomic E-state index is -3.82. The summed E-state index contributed by atoms with van der Waals surface area (Å²) in [6.07, 6.45) is -0.831. The van der Waals surface area contributed by atoms with Crippen molar-refractivity contribution in [2.24, 2.45) is 0 Å². The molecule has 0 spiro atoms. The van der Waals surface area contributed by atoms with E-state index in [9.17, 15) is 13.2 Å². The molecule has 1 saturated heterocycles. The van der Waals surface area contributed by atoms with Crippen molar-refractivity contribution in [2.45, 2.75) is 38.9 Å². The number of hydrogen-bond acceptors (Lipinski definition) is 5. The van der Waals surface area contributed by atoms with Crippen LogP contribution in [0.2, 0.25) is 18.1 Å². The lowest BCUT2D eigenvalue weighted by Gasteiger charge is -2.36. The Bertz CT molecular complexity index is 458. The molecule has 0 aliphatic carbocycles. The second-order valence-electron chi connectivity index (χ2n) is 6.19. The summed E-state index contributed by atoms with van der Waals surface area (Å²) in [6, 6.07) is 0. The standard InChI is InChI=1S/C11H24N2O5SSi/c1-11(2,3)20(4,5)18-8-6-12-19(15,16)13-7-9-17-10(13)14/h12H,6-9H2,1-5H3. The highest BCUT2D eigenvalue weighted by molar-refractivity contribution is 7.87. The van der Waals surface area contributed by atoms with E-state index in [0.29, 0.717) is 10.9 Å². The molecule has 0 unspecified atom stereocenters. The monoisotopic (exact) mass is 324 g/mol. The highest BCUT2D eigenvalue weighted by Gasteiger charge is 2.37. The van der Waals surface area contributed by atoms with Crippen molar-refractivity contribution in [3.63, 3.8) is 0 Å². The van der Waals surface area contributed by atoms with Gasteiger partial charge in [0, 0.05) is 13.2 Å². The molecular formula is C11H24N2O5SSi. The van der Waals surface area contributed by atoms with Gasteiger partial charge in [-0.1, -0.05) is 20.8 Å². The molecule has 20 heavy (non-hydrogen) atoms. The summed E-state index contributed by atoms with van der Waals surface area (Å²) in [7, 11) is -5.70. The average Bonchev–Trinajstić information content (AvgIpc) is 2.70. The van der Waals surface area contributed by atoms with Crippen molar-refractivity contribution < 1.29 is 22.4 Å². The molecule has 1 aliphatic rings. The third kappa shape index (κ3) is 4.17. The zero-order valence-electron chi connectivity index (χ0n) is 12.7. The number of rotatable bonds is 6. The van der Waals surface area contributed by atoms with Crippen LogP contribution in [0.1, 0.15) is 20.8 Å². The number of amides is 1. The average molecular weight is 324 g/mol. The normalized spacial score (nSPS) is 17.4. The summed E-state index contributed by atoms with van der Waals surface area (Å²) < 4.78 is 37.2. The first-order valence-electron chi connectivity index (χ1n) is 6.55. The minimum absolute atomic E-state index is 0.0528. The molecular weight excluding hydrogens is 300 g/mol. The fourth-order valence-electron chi connectivity index (χ4n) is 1.37. The van der Waals surface area contributed by atoms with Gasteiger partial charge in [0.2, 0.25) is 0 Å². The Morgan fingerprint density at radius 3 is 2.45 bits per heavy atom. The molecule has 0 radical (unpaired) electrons. The largest absolute Gasteiger partial charge is 0.447 e. The topological polar surface area (TPSA) is 84.9 Å². The van der Waals surface area contributed by atoms with Crippen molar-refractivity contribution in [3.05, 3.63) is 0 Å². The van der Waals surface area contributed by atoms with Crippen LogP contribution in [0.4, 0.5) is 4.79 Å². The van der Waals surface area contributed by atoms with Crippen molar-refractivity contribution >= 4 is 24.6 Å². The molecule has 0 aromatic heterocycles. The number of nitrogens with one attached hydrogen (secondary N) is 1. The molecule has 0 aromatic carbocycles. The summed E-state index contributed by atoms with van der Waals surface area (Å²) in [5, 5.41) is 0.0740. The van der Waals surface area contributed by atoms with Gasteiger partial charge in [-0.05, 0) is 18.1 Å². The van der Waals surface area contributed by atoms with Crippen LogP contribution in [-0.4, -0.2) is 53.4 Å². The molecule has 118 valence electrons. The molecule has 1 N–H and O–H groups in total. The van der Waals surface area contributed by atoms with Crippen LogP contribution in [-0.2, 0) is 19.4 Å². The minimum Gasteiger partial charge on any atom is -0.447 e. The third-order valence-corrected chi connectivity index (χ3v) is 9.69. The van der Waals surface area contributed by atoms with Crippen molar-refractivity contribution in [3.8, 4) is 0 Å². The van der Waals surface area contributed by atoms with Gasteiger partial charge in [-0.15, -0.1) is 0 Å². The van der Waals surface area contributed by atoms with E-state index in [-0.39, 0.29) is 24.7 Å². The summed E-state index contributed by atoms with van der Waals surface area (Å²) >= 11 is 0. The van der Waals surface area contributed by atoms with Gasteiger partial charge in [-0.25, -0.2) is 4.79 Å². The Morgan fingerprint density at radius 1 is 1.40 bits per heavy atom. The predicted molar refractivity (Wildman–Crippen MR) is 78.1 cm³/mol. The van der Waals surface area contributed by atoms with Gasteiger partial charge in [0.25, 0.3) is 0 Å². The fourth-order valence-corrected chi connectivity index (χ4v) is 3.48. The van der Waals surface area contributed by atoms with E-state index in [2.05, 4.69) is 43.3 Å². The number of carbonyl (C=O) groups is 1. The zero-order valence-corrected chi connectivity index (χ0v) is 14.5. The van der Waals surface area contributed by atoms with Crippen LogP contribution in [0.15, 0.2) is 0 Å². The highest BCUT2D eigenvalue weighted by atomic mass is 32.2. The maximum atomic E-state index is 11.8. The maximum absolute atomic E-state index is 11.8. The van der Waals surface area contributed by atoms with E-state index in [1.165, 1.54) is 0 Å². The van der Waals surface area contributed by atoms with Crippen molar-refractivity contribution in [2.75, 3.05) is 26.3 Å². The summed E-state index contributed by atoms with van der Waals surface area (Å²) in [4.78, 5) is 11.2. The van der Waals surface area contributed by atoms with Gasteiger partial charge in [0.05, 0.1) is 6.54 Å². The molecule has 1 aliphatic heterocycles. The lowest BCUT2D eigenvalue weighted by atomic mass is 10.2. The van der Waals surface area contributed by atoms with Crippen LogP contribution in [0.5, 0.6) is 0 Å². The third-order valence-electron chi connectivity index (χ3n) is 3.67. The Balaban J connectivity index is 2.43. The van der Waals surface area contributed by atoms with Crippen LogP contribution >= 0.6 is 0 Å². The number of hydrogen-bond donors (Lipinski definition) is 1. The first-order valence-corrected chi connectivity index (χ1v) is 10.9. The van der Waals surface area contributed by atoms with Crippen LogP contribution in [0.3, 0.4) is 0 Å². The molecule has 0 bridgehead atoms. The van der Waals surface area contributed by atoms with Gasteiger partial charge >= 0.3 is 16.3 Å². The highest BCUT2D eigenvalue weighted by Crippen LogP contribution is 2.36. The molecule has 1 fully saturated rings. The van der Waals surface area contributed by atoms with Gasteiger partial charge in [-0.3, -0.25) is 0 Å². The van der Waals surface area contributed by atoms with Crippen LogP contribution in [0, 0.1) is 0 Å². The predicted octanol–water partition coefficient (Wildman–Crippen LogP) is 1.29. The smallest absolute Gasteiger partial charge is 0.424 e. The lowest BCUT2D eigenvalue weighted by molar-refractivity contribution is 0.169. The number of cyclic esters (lactones) is 1. The lowest BCUT2D eigenvalue weighted by Crippen LogP contribution is -2.45. The van der Waals surface area contributed by atoms with Crippen molar-refractivity contribution in [1.29, 1.82) is 0 Å². The number of ether oxygens (including phenoxy) is 1. The van der Waals surface area contributed by atoms with E-state index < -0.39 is 24.6 Å². The first-order chi connectivity index (χ1) is 8.97. The molecule has 9 heteroatoms. The maximum Gasteiger partial charge on any atom is 0.424 e. The van der Waals surface area contributed by atoms with E-state index >= 15 is 0 Å². The summed E-state index contributed by atoms with van der Waals surface area (Å²) in [6.45, 7) is 11.1. The van der Waals surface area contributed by atoms with E-state index in [4.69, 9.17) is 4.43 Å². The van der Waals surface area contributed by atoms with E-state index in [0.717, 1.165) is 0 Å². The Labute approximate surface area is 121 Å². The van der Waals surface area contributed by atoms with Crippen molar-refractivity contribution in [1.82, 2.24) is 9.03 Å². The first kappa shape index (κ1) is 17.4. The SMILES string of the molecule is CC(C)(C)[Si](C)(C)OCCNS(=O)(=O)N1CCOC1=O. The van der Waals surface area contributed by atoms with E-state index in [1.54, 1.807) is 0 Å². The molecule has 7 nitrogen and oxygen atoms in total.